The minimum atomic E-state index is -0.600. The number of methoxy groups -OCH3 is 2. The van der Waals surface area contributed by atoms with Crippen molar-refractivity contribution < 1.29 is 29.3 Å². The number of rotatable bonds is 2. The predicted octanol–water partition coefficient (Wildman–Crippen LogP) is -1.53. The molecule has 0 aromatic carbocycles. The summed E-state index contributed by atoms with van der Waals surface area (Å²) in [6.45, 7) is 2.58. The van der Waals surface area contributed by atoms with Crippen LogP contribution < -0.4 is 10.2 Å². The first-order chi connectivity index (χ1) is 7.33. The Bertz CT molecular complexity index is 257. The number of carbonyl (C=O) groups excluding carboxylic acids is 2. The fourth-order valence-electron chi connectivity index (χ4n) is 0.450. The van der Waals surface area contributed by atoms with Crippen LogP contribution in [0.15, 0.2) is 23.7 Å². The summed E-state index contributed by atoms with van der Waals surface area (Å²) < 4.78 is 8.29. The van der Waals surface area contributed by atoms with Crippen molar-refractivity contribution in [3.8, 4) is 0 Å². The molecule has 0 aromatic rings. The smallest absolute Gasteiger partial charge is 0.875 e. The van der Waals surface area contributed by atoms with Gasteiger partial charge in [0.25, 0.3) is 0 Å². The van der Waals surface area contributed by atoms with Gasteiger partial charge in [0.1, 0.15) is 0 Å². The first kappa shape index (κ1) is 21.6. The molecule has 0 fully saturated rings. The molecule has 0 aromatic heterocycles. The van der Waals surface area contributed by atoms with Gasteiger partial charge in [0.05, 0.1) is 14.2 Å². The molecule has 0 atom stereocenters. The summed E-state index contributed by atoms with van der Waals surface area (Å²) in [7, 11) is 2.45. The predicted molar refractivity (Wildman–Crippen MR) is 57.3 cm³/mol. The van der Waals surface area contributed by atoms with E-state index in [0.717, 1.165) is 12.2 Å². The van der Waals surface area contributed by atoms with Gasteiger partial charge in [-0.05, 0) is 0 Å². The van der Waals surface area contributed by atoms with Crippen LogP contribution in [0.25, 0.3) is 0 Å². The zero-order valence-electron chi connectivity index (χ0n) is 10.3. The van der Waals surface area contributed by atoms with Gasteiger partial charge >= 0.3 is 49.7 Å². The minimum absolute atomic E-state index is 0. The normalized spacial score (nSPS) is 10.4. The summed E-state index contributed by atoms with van der Waals surface area (Å²) in [4.78, 5) is 20.2. The quantitative estimate of drug-likeness (QED) is 0.261. The maximum atomic E-state index is 10.1. The van der Waals surface area contributed by atoms with Gasteiger partial charge in [-0.15, -0.1) is 11.5 Å². The summed E-state index contributed by atoms with van der Waals surface area (Å²) in [5.41, 5.74) is 0. The summed E-state index contributed by atoms with van der Waals surface area (Å²) in [6, 6.07) is 0. The van der Waals surface area contributed by atoms with Crippen LogP contribution >= 0.6 is 0 Å². The monoisotopic (exact) mass is 270 g/mol. The van der Waals surface area contributed by atoms with Crippen LogP contribution in [0.1, 0.15) is 13.8 Å². The van der Waals surface area contributed by atoms with Crippen molar-refractivity contribution in [2.45, 2.75) is 13.8 Å². The molecule has 0 aliphatic rings. The average molecular weight is 270 g/mol. The topological polar surface area (TPSA) is 98.7 Å². The molecule has 92 valence electrons. The number of carbonyl (C=O) groups is 2. The van der Waals surface area contributed by atoms with E-state index < -0.39 is 11.9 Å². The Morgan fingerprint density at radius 2 is 1.12 bits per heavy atom. The maximum absolute atomic E-state index is 10.1. The zero-order valence-corrected chi connectivity index (χ0v) is 12.5. The molecule has 0 spiro atoms. The van der Waals surface area contributed by atoms with Crippen LogP contribution in [0.2, 0.25) is 0 Å². The van der Waals surface area contributed by atoms with Gasteiger partial charge in [0.15, 0.2) is 0 Å². The zero-order chi connectivity index (χ0) is 13.1. The SMILES string of the molecule is COC(=O)C=C(C)[O-].COC(=O)C=C(C)[O-].[Ca+2]. The van der Waals surface area contributed by atoms with Crippen LogP contribution in [0.3, 0.4) is 0 Å². The summed E-state index contributed by atoms with van der Waals surface area (Å²) in [6.07, 6.45) is 1.78. The van der Waals surface area contributed by atoms with E-state index >= 15 is 0 Å². The molecule has 0 heterocycles. The van der Waals surface area contributed by atoms with Crippen LogP contribution in [0, 0.1) is 0 Å². The summed E-state index contributed by atoms with van der Waals surface area (Å²) >= 11 is 0. The molecular weight excluding hydrogens is 256 g/mol. The van der Waals surface area contributed by atoms with Gasteiger partial charge in [0.2, 0.25) is 0 Å². The van der Waals surface area contributed by atoms with Crippen molar-refractivity contribution in [2.75, 3.05) is 14.2 Å². The molecule has 6 nitrogen and oxygen atoms in total. The Kier molecular flexibility index (Phi) is 16.9. The van der Waals surface area contributed by atoms with Gasteiger partial charge in [-0.25, -0.2) is 9.59 Å². The van der Waals surface area contributed by atoms with Crippen molar-refractivity contribution in [2.24, 2.45) is 0 Å². The van der Waals surface area contributed by atoms with Crippen molar-refractivity contribution in [1.82, 2.24) is 0 Å². The van der Waals surface area contributed by atoms with E-state index in [1.165, 1.54) is 28.1 Å². The molecule has 0 saturated carbocycles. The average Bonchev–Trinajstić information content (AvgIpc) is 2.16. The van der Waals surface area contributed by atoms with E-state index in [1.807, 2.05) is 0 Å². The Balaban J connectivity index is -0.000000218. The summed E-state index contributed by atoms with van der Waals surface area (Å²) in [5, 5.41) is 20.1. The third kappa shape index (κ3) is 21.2. The minimum Gasteiger partial charge on any atom is -0.875 e. The van der Waals surface area contributed by atoms with Crippen molar-refractivity contribution in [1.29, 1.82) is 0 Å². The third-order valence-electron chi connectivity index (χ3n) is 1.04. The fraction of sp³-hybridized carbons (Fsp3) is 0.400. The standard InChI is InChI=1S/2C5H8O3.Ca/c2*1-4(6)3-5(7)8-2;/h2*3,6H,1-2H3;/q;;+2/p-2. The first-order valence-electron chi connectivity index (χ1n) is 4.20. The molecule has 0 aliphatic carbocycles. The first-order valence-corrected chi connectivity index (χ1v) is 4.20. The largest absolute Gasteiger partial charge is 2.00 e. The molecular formula is C10H14CaO6. The molecule has 0 radical (unpaired) electrons. The number of ether oxygens (including phenoxy) is 2. The molecule has 0 saturated heterocycles. The van der Waals surface area contributed by atoms with E-state index in [2.05, 4.69) is 9.47 Å². The van der Waals surface area contributed by atoms with E-state index in [9.17, 15) is 19.8 Å². The van der Waals surface area contributed by atoms with Gasteiger partial charge in [-0.2, -0.15) is 0 Å². The molecule has 0 N–H and O–H groups in total. The Labute approximate surface area is 130 Å². The second-order valence-electron chi connectivity index (χ2n) is 2.56. The second-order valence-corrected chi connectivity index (χ2v) is 2.56. The molecule has 7 heteroatoms. The third-order valence-corrected chi connectivity index (χ3v) is 1.04. The fourth-order valence-corrected chi connectivity index (χ4v) is 0.450. The second kappa shape index (κ2) is 13.3. The van der Waals surface area contributed by atoms with Gasteiger partial charge in [0, 0.05) is 12.2 Å². The van der Waals surface area contributed by atoms with Crippen LogP contribution in [0.4, 0.5) is 0 Å². The summed E-state index contributed by atoms with van der Waals surface area (Å²) in [5.74, 6) is -1.79. The van der Waals surface area contributed by atoms with E-state index in [-0.39, 0.29) is 49.3 Å². The molecule has 0 unspecified atom stereocenters. The van der Waals surface area contributed by atoms with Crippen LogP contribution in [0.5, 0.6) is 0 Å². The Morgan fingerprint density at radius 3 is 1.18 bits per heavy atom. The van der Waals surface area contributed by atoms with E-state index in [1.54, 1.807) is 0 Å². The van der Waals surface area contributed by atoms with Gasteiger partial charge < -0.3 is 19.7 Å². The van der Waals surface area contributed by atoms with Crippen LogP contribution in [-0.2, 0) is 19.1 Å². The maximum Gasteiger partial charge on any atom is 2.00 e. The van der Waals surface area contributed by atoms with E-state index in [0.29, 0.717) is 0 Å². The van der Waals surface area contributed by atoms with Gasteiger partial charge in [-0.3, -0.25) is 0 Å². The molecule has 0 amide bonds. The molecule has 17 heavy (non-hydrogen) atoms. The van der Waals surface area contributed by atoms with Crippen LogP contribution in [-0.4, -0.2) is 63.9 Å². The molecule has 0 aliphatic heterocycles. The van der Waals surface area contributed by atoms with Gasteiger partial charge in [-0.1, -0.05) is 13.8 Å². The number of hydrogen-bond acceptors (Lipinski definition) is 6. The molecule has 0 bridgehead atoms. The van der Waals surface area contributed by atoms with Crippen molar-refractivity contribution >= 4 is 49.7 Å². The Morgan fingerprint density at radius 1 is 0.882 bits per heavy atom. The number of allylic oxidation sites excluding steroid dienone is 2. The van der Waals surface area contributed by atoms with E-state index in [4.69, 9.17) is 0 Å². The number of esters is 2. The molecule has 0 rings (SSSR count). The van der Waals surface area contributed by atoms with Crippen molar-refractivity contribution in [3.63, 3.8) is 0 Å². The number of hydrogen-bond donors (Lipinski definition) is 0. The Hall–Kier alpha value is -0.720. The van der Waals surface area contributed by atoms with Crippen molar-refractivity contribution in [3.05, 3.63) is 23.7 Å².